The number of primary amides is 1. The Kier molecular flexibility index (Phi) is 7.59. The van der Waals surface area contributed by atoms with Crippen LogP contribution in [0.2, 0.25) is 0 Å². The fourth-order valence-corrected chi connectivity index (χ4v) is 5.12. The molecule has 0 bridgehead atoms. The fourth-order valence-electron chi connectivity index (χ4n) is 4.53. The molecule has 0 radical (unpaired) electrons. The van der Waals surface area contributed by atoms with E-state index in [0.29, 0.717) is 6.54 Å². The van der Waals surface area contributed by atoms with Crippen LogP contribution in [-0.4, -0.2) is 63.0 Å². The van der Waals surface area contributed by atoms with Crippen LogP contribution in [0.25, 0.3) is 0 Å². The number of rotatable bonds is 9. The van der Waals surface area contributed by atoms with Gasteiger partial charge in [0.05, 0.1) is 11.4 Å². The molecule has 1 aliphatic rings. The summed E-state index contributed by atoms with van der Waals surface area (Å²) in [5, 5.41) is 0. The number of nitrogens with zero attached hydrogens (tertiary/aromatic N) is 2. The summed E-state index contributed by atoms with van der Waals surface area (Å²) in [4.78, 5) is 17.9. The van der Waals surface area contributed by atoms with Gasteiger partial charge in [-0.05, 0) is 43.0 Å². The van der Waals surface area contributed by atoms with E-state index < -0.39 is 21.3 Å². The molecule has 1 aliphatic carbocycles. The Morgan fingerprint density at radius 2 is 2.14 bits per heavy atom. The Bertz CT molecular complexity index is 783. The number of hydrogen-bond donors (Lipinski definition) is 1. The molecule has 158 valence electrons. The summed E-state index contributed by atoms with van der Waals surface area (Å²) >= 11 is 0. The maximum absolute atomic E-state index is 11.6. The predicted molar refractivity (Wildman–Crippen MR) is 110 cm³/mol. The van der Waals surface area contributed by atoms with Crippen molar-refractivity contribution in [3.05, 3.63) is 29.6 Å². The van der Waals surface area contributed by atoms with E-state index in [1.807, 2.05) is 13.0 Å². The molecule has 3 atom stereocenters. The number of hydrogen-bond acceptors (Lipinski definition) is 6. The van der Waals surface area contributed by atoms with Crippen molar-refractivity contribution in [3.63, 3.8) is 0 Å². The van der Waals surface area contributed by atoms with E-state index in [4.69, 9.17) is 10.5 Å². The van der Waals surface area contributed by atoms with Gasteiger partial charge < -0.3 is 15.4 Å². The minimum absolute atomic E-state index is 0.143. The van der Waals surface area contributed by atoms with E-state index in [1.165, 1.54) is 6.26 Å². The summed E-state index contributed by atoms with van der Waals surface area (Å²) in [7, 11) is -1.30. The first-order chi connectivity index (χ1) is 13.1. The average molecular weight is 412 g/mol. The number of carbonyl (C=O) groups excluding carboxylic acids is 1. The number of methoxy groups -OCH3 is 1. The molecule has 28 heavy (non-hydrogen) atoms. The first-order valence-electron chi connectivity index (χ1n) is 9.85. The van der Waals surface area contributed by atoms with Gasteiger partial charge in [-0.1, -0.05) is 20.3 Å². The zero-order chi connectivity index (χ0) is 20.9. The highest BCUT2D eigenvalue weighted by Gasteiger charge is 2.48. The van der Waals surface area contributed by atoms with Crippen molar-refractivity contribution in [2.24, 2.45) is 17.6 Å². The topological polar surface area (TPSA) is 103 Å². The predicted octanol–water partition coefficient (Wildman–Crippen LogP) is 1.82. The van der Waals surface area contributed by atoms with Crippen LogP contribution < -0.4 is 5.73 Å². The Balaban J connectivity index is 2.37. The summed E-state index contributed by atoms with van der Waals surface area (Å²) in [5.74, 6) is -0.00203. The molecule has 3 unspecified atom stereocenters. The van der Waals surface area contributed by atoms with Crippen LogP contribution in [0.1, 0.15) is 49.2 Å². The monoisotopic (exact) mass is 411 g/mol. The smallest absolute Gasteiger partial charge is 0.267 e. The van der Waals surface area contributed by atoms with E-state index in [-0.39, 0.29) is 23.3 Å². The van der Waals surface area contributed by atoms with Crippen molar-refractivity contribution in [1.82, 2.24) is 9.88 Å². The van der Waals surface area contributed by atoms with E-state index in [9.17, 15) is 13.2 Å². The van der Waals surface area contributed by atoms with Crippen LogP contribution in [0.3, 0.4) is 0 Å². The number of amides is 1. The van der Waals surface area contributed by atoms with Crippen LogP contribution >= 0.6 is 0 Å². The largest absolute Gasteiger partial charge is 0.373 e. The molecule has 1 aromatic rings. The van der Waals surface area contributed by atoms with Crippen LogP contribution in [0.15, 0.2) is 18.3 Å². The molecule has 2 N–H and O–H groups in total. The number of carbonyl (C=O) groups is 1. The molecule has 0 saturated heterocycles. The summed E-state index contributed by atoms with van der Waals surface area (Å²) in [6, 6.07) is 3.64. The van der Waals surface area contributed by atoms with E-state index in [1.54, 1.807) is 19.4 Å². The summed E-state index contributed by atoms with van der Waals surface area (Å²) < 4.78 is 29.4. The quantitative estimate of drug-likeness (QED) is 0.665. The van der Waals surface area contributed by atoms with Gasteiger partial charge in [0.2, 0.25) is 0 Å². The second-order valence-corrected chi connectivity index (χ2v) is 10.1. The molecular formula is C20H33N3O4S. The summed E-state index contributed by atoms with van der Waals surface area (Å²) in [6.07, 6.45) is 5.96. The van der Waals surface area contributed by atoms with Crippen LogP contribution in [-0.2, 0) is 20.2 Å². The maximum atomic E-state index is 11.6. The SMILES string of the molecule is CCN(CCS(C)(=O)=O)CC1CCCC(C)C1(OC)c1ccnc(C(N)=O)c1. The molecule has 0 spiro atoms. The Labute approximate surface area is 168 Å². The number of aromatic nitrogens is 1. The van der Waals surface area contributed by atoms with E-state index >= 15 is 0 Å². The molecule has 1 aromatic heterocycles. The molecule has 0 aromatic carbocycles. The fraction of sp³-hybridized carbons (Fsp3) is 0.700. The zero-order valence-corrected chi connectivity index (χ0v) is 18.2. The molecular weight excluding hydrogens is 378 g/mol. The second kappa shape index (κ2) is 9.33. The lowest BCUT2D eigenvalue weighted by molar-refractivity contribution is -0.132. The second-order valence-electron chi connectivity index (χ2n) is 7.84. The van der Waals surface area contributed by atoms with Gasteiger partial charge in [-0.15, -0.1) is 0 Å². The highest BCUT2D eigenvalue weighted by atomic mass is 32.2. The molecule has 2 rings (SSSR count). The van der Waals surface area contributed by atoms with Crippen molar-refractivity contribution >= 4 is 15.7 Å². The molecule has 1 amide bonds. The van der Waals surface area contributed by atoms with Gasteiger partial charge in [0, 0.05) is 38.6 Å². The summed E-state index contributed by atoms with van der Waals surface area (Å²) in [6.45, 7) is 6.22. The Morgan fingerprint density at radius 3 is 2.71 bits per heavy atom. The van der Waals surface area contributed by atoms with Gasteiger partial charge >= 0.3 is 0 Å². The minimum atomic E-state index is -3.02. The molecule has 8 heteroatoms. The van der Waals surface area contributed by atoms with E-state index in [2.05, 4.69) is 16.8 Å². The molecule has 1 heterocycles. The van der Waals surface area contributed by atoms with E-state index in [0.717, 1.165) is 37.9 Å². The maximum Gasteiger partial charge on any atom is 0.267 e. The van der Waals surface area contributed by atoms with Crippen molar-refractivity contribution in [1.29, 1.82) is 0 Å². The number of sulfone groups is 1. The highest BCUT2D eigenvalue weighted by molar-refractivity contribution is 7.90. The Morgan fingerprint density at radius 1 is 1.43 bits per heavy atom. The number of ether oxygens (including phenoxy) is 1. The normalized spacial score (nSPS) is 25.8. The van der Waals surface area contributed by atoms with Gasteiger partial charge in [0.1, 0.15) is 15.5 Å². The van der Waals surface area contributed by atoms with Crippen LogP contribution in [0.4, 0.5) is 0 Å². The Hall–Kier alpha value is -1.51. The van der Waals surface area contributed by atoms with Crippen molar-refractivity contribution < 1.29 is 17.9 Å². The van der Waals surface area contributed by atoms with Gasteiger partial charge in [0.25, 0.3) is 5.91 Å². The standard InChI is InChI=1S/C20H33N3O4S/c1-5-23(11-12-28(4,25)26)14-17-8-6-7-15(2)20(17,27-3)16-9-10-22-18(13-16)19(21)24/h9-10,13,15,17H,5-8,11-12,14H2,1-4H3,(H2,21,24). The first kappa shape index (κ1) is 22.8. The lowest BCUT2D eigenvalue weighted by atomic mass is 9.65. The van der Waals surface area contributed by atoms with Gasteiger partial charge in [0.15, 0.2) is 0 Å². The van der Waals surface area contributed by atoms with Gasteiger partial charge in [-0.3, -0.25) is 9.78 Å². The molecule has 1 saturated carbocycles. The summed E-state index contributed by atoms with van der Waals surface area (Å²) in [5.41, 5.74) is 6.02. The van der Waals surface area contributed by atoms with Gasteiger partial charge in [-0.25, -0.2) is 8.42 Å². The third-order valence-corrected chi connectivity index (χ3v) is 6.96. The van der Waals surface area contributed by atoms with Crippen LogP contribution in [0.5, 0.6) is 0 Å². The first-order valence-corrected chi connectivity index (χ1v) is 11.9. The highest BCUT2D eigenvalue weighted by Crippen LogP contribution is 2.48. The molecule has 1 fully saturated rings. The van der Waals surface area contributed by atoms with Crippen LogP contribution in [0, 0.1) is 11.8 Å². The van der Waals surface area contributed by atoms with Crippen molar-refractivity contribution in [2.45, 2.75) is 38.7 Å². The van der Waals surface area contributed by atoms with Crippen molar-refractivity contribution in [3.8, 4) is 0 Å². The minimum Gasteiger partial charge on any atom is -0.373 e. The third-order valence-electron chi connectivity index (χ3n) is 6.03. The van der Waals surface area contributed by atoms with Crippen molar-refractivity contribution in [2.75, 3.05) is 38.8 Å². The molecule has 0 aliphatic heterocycles. The van der Waals surface area contributed by atoms with Gasteiger partial charge in [-0.2, -0.15) is 0 Å². The molecule has 7 nitrogen and oxygen atoms in total. The third kappa shape index (κ3) is 5.10. The lowest BCUT2D eigenvalue weighted by Crippen LogP contribution is -2.50. The zero-order valence-electron chi connectivity index (χ0n) is 17.3. The number of nitrogens with two attached hydrogens (primary N) is 1. The number of pyridine rings is 1. The average Bonchev–Trinajstić information content (AvgIpc) is 2.65. The lowest BCUT2D eigenvalue weighted by Gasteiger charge is -2.49.